The van der Waals surface area contributed by atoms with Gasteiger partial charge in [0.2, 0.25) is 0 Å². The lowest BCUT2D eigenvalue weighted by Crippen LogP contribution is -2.51. The normalized spacial score (nSPS) is 24.2. The summed E-state index contributed by atoms with van der Waals surface area (Å²) in [6.45, 7) is 34.7. The Morgan fingerprint density at radius 2 is 1.03 bits per heavy atom. The van der Waals surface area contributed by atoms with Crippen molar-refractivity contribution in [3.05, 3.63) is 107 Å². The monoisotopic (exact) mass is 1080 g/mol. The smallest absolute Gasteiger partial charge is 0.410 e. The molecule has 2 aromatic heterocycles. The first-order valence-corrected chi connectivity index (χ1v) is 32.9. The van der Waals surface area contributed by atoms with Crippen LogP contribution in [0.4, 0.5) is 23.2 Å². The molecule has 0 bridgehead atoms. The molecular weight excluding hydrogens is 1000 g/mol. The molecule has 8 atom stereocenters. The van der Waals surface area contributed by atoms with E-state index in [9.17, 15) is 23.2 Å². The number of aromatic amines is 2. The molecule has 3 aliphatic heterocycles. The third-order valence-corrected chi connectivity index (χ3v) is 25.9. The van der Waals surface area contributed by atoms with Crippen LogP contribution < -0.4 is 0 Å². The van der Waals surface area contributed by atoms with Crippen LogP contribution in [0.25, 0.3) is 21.8 Å². The quantitative estimate of drug-likeness (QED) is 0.116. The Bertz CT molecular complexity index is 2900. The number of likely N-dealkylation sites (tertiary alicyclic amines) is 3. The first kappa shape index (κ1) is 57.0. The molecule has 3 amide bonds. The van der Waals surface area contributed by atoms with E-state index in [1.165, 1.54) is 24.3 Å². The van der Waals surface area contributed by atoms with E-state index in [-0.39, 0.29) is 70.9 Å². The van der Waals surface area contributed by atoms with Crippen LogP contribution in [0, 0.1) is 17.6 Å². The van der Waals surface area contributed by atoms with Crippen molar-refractivity contribution in [1.82, 2.24) is 24.7 Å². The number of amides is 3. The van der Waals surface area contributed by atoms with Crippen molar-refractivity contribution < 1.29 is 46.2 Å². The topological polar surface area (TPSA) is 139 Å². The van der Waals surface area contributed by atoms with Gasteiger partial charge in [0.15, 0.2) is 16.6 Å². The van der Waals surface area contributed by atoms with Crippen LogP contribution in [0.15, 0.2) is 79.1 Å². The van der Waals surface area contributed by atoms with Gasteiger partial charge in [-0.3, -0.25) is 9.80 Å². The maximum absolute atomic E-state index is 14.1. The van der Waals surface area contributed by atoms with Gasteiger partial charge in [-0.25, -0.2) is 23.2 Å². The fourth-order valence-electron chi connectivity index (χ4n) is 11.3. The third-order valence-electron chi connectivity index (χ3n) is 16.9. The minimum Gasteiger partial charge on any atom is -0.445 e. The van der Waals surface area contributed by atoms with E-state index in [0.717, 1.165) is 45.8 Å². The number of fused-ring (bicyclic) bond motifs is 4. The molecule has 3 saturated heterocycles. The lowest BCUT2D eigenvalue weighted by Gasteiger charge is -2.40. The summed E-state index contributed by atoms with van der Waals surface area (Å²) in [6, 6.07) is 18.2. The molecule has 13 nitrogen and oxygen atoms in total. The zero-order chi connectivity index (χ0) is 55.7. The number of halogens is 2. The third kappa shape index (κ3) is 11.9. The average molecular weight is 1080 g/mol. The molecule has 4 fully saturated rings. The van der Waals surface area contributed by atoms with Crippen molar-refractivity contribution >= 4 is 56.7 Å². The van der Waals surface area contributed by atoms with Crippen molar-refractivity contribution in [2.45, 2.75) is 192 Å². The lowest BCUT2D eigenvalue weighted by molar-refractivity contribution is 0.0187. The minimum atomic E-state index is -2.32. The van der Waals surface area contributed by atoms with Gasteiger partial charge in [-0.15, -0.1) is 0 Å². The summed E-state index contributed by atoms with van der Waals surface area (Å²) in [4.78, 5) is 52.8. The van der Waals surface area contributed by atoms with Crippen LogP contribution in [0.5, 0.6) is 0 Å². The molecule has 0 spiro atoms. The number of nitrogens with zero attached hydrogens (tertiary/aromatic N) is 3. The highest BCUT2D eigenvalue weighted by molar-refractivity contribution is 6.74. The van der Waals surface area contributed by atoms with Gasteiger partial charge in [0, 0.05) is 71.1 Å². The Morgan fingerprint density at radius 1 is 0.566 bits per heavy atom. The van der Waals surface area contributed by atoms with E-state index < -0.39 is 58.2 Å². The van der Waals surface area contributed by atoms with Gasteiger partial charge < -0.3 is 37.9 Å². The molecule has 5 aromatic rings. The van der Waals surface area contributed by atoms with Crippen molar-refractivity contribution in [3.8, 4) is 0 Å². The van der Waals surface area contributed by atoms with Gasteiger partial charge in [0.1, 0.15) is 29.4 Å². The maximum atomic E-state index is 14.1. The zero-order valence-corrected chi connectivity index (χ0v) is 49.7. The fourth-order valence-corrected chi connectivity index (χ4v) is 14.0. The Kier molecular flexibility index (Phi) is 15.6. The Labute approximate surface area is 450 Å². The summed E-state index contributed by atoms with van der Waals surface area (Å²) in [5.74, 6) is -0.444. The number of aromatic nitrogens is 2. The number of rotatable bonds is 8. The molecule has 414 valence electrons. The van der Waals surface area contributed by atoms with Crippen molar-refractivity contribution in [2.75, 3.05) is 19.6 Å². The predicted octanol–water partition coefficient (Wildman–Crippen LogP) is 14.2. The van der Waals surface area contributed by atoms with Crippen LogP contribution in [0.3, 0.4) is 0 Å². The predicted molar refractivity (Wildman–Crippen MR) is 299 cm³/mol. The largest absolute Gasteiger partial charge is 0.445 e. The van der Waals surface area contributed by atoms with Gasteiger partial charge in [-0.05, 0) is 144 Å². The van der Waals surface area contributed by atoms with Gasteiger partial charge >= 0.3 is 18.3 Å². The number of hydrogen-bond acceptors (Lipinski definition) is 8. The van der Waals surface area contributed by atoms with E-state index >= 15 is 0 Å². The number of H-pyrrole nitrogens is 2. The maximum Gasteiger partial charge on any atom is 0.410 e. The number of carbonyl (C=O) groups is 3. The zero-order valence-electron chi connectivity index (χ0n) is 47.7. The Morgan fingerprint density at radius 3 is 1.53 bits per heavy atom. The van der Waals surface area contributed by atoms with E-state index in [2.05, 4.69) is 77.7 Å². The average Bonchev–Trinajstić information content (AvgIpc) is 4.18. The van der Waals surface area contributed by atoms with Crippen molar-refractivity contribution in [2.24, 2.45) is 5.92 Å². The lowest BCUT2D eigenvalue weighted by atomic mass is 9.91. The molecule has 5 heterocycles. The summed E-state index contributed by atoms with van der Waals surface area (Å²) < 4.78 is 59.3. The number of hydrogen-bond donors (Lipinski definition) is 2. The van der Waals surface area contributed by atoms with Gasteiger partial charge in [0.25, 0.3) is 0 Å². The van der Waals surface area contributed by atoms with Crippen LogP contribution in [-0.2, 0) is 29.7 Å². The summed E-state index contributed by atoms with van der Waals surface area (Å²) in [5, 5.41) is 1.89. The van der Waals surface area contributed by atoms with E-state index in [0.29, 0.717) is 18.6 Å². The first-order valence-electron chi connectivity index (χ1n) is 27.1. The number of benzene rings is 3. The van der Waals surface area contributed by atoms with E-state index in [1.54, 1.807) is 15.9 Å². The highest BCUT2D eigenvalue weighted by Gasteiger charge is 2.60. The highest BCUT2D eigenvalue weighted by atomic mass is 28.4. The van der Waals surface area contributed by atoms with Gasteiger partial charge in [-0.1, -0.05) is 71.9 Å². The summed E-state index contributed by atoms with van der Waals surface area (Å²) in [5.41, 5.74) is 3.14. The Hall–Kier alpha value is -5.24. The molecule has 0 radical (unpaired) electrons. The molecule has 76 heavy (non-hydrogen) atoms. The van der Waals surface area contributed by atoms with E-state index in [4.69, 9.17) is 23.1 Å². The number of nitrogens with one attached hydrogen (secondary N) is 2. The summed E-state index contributed by atoms with van der Waals surface area (Å²) in [7, 11) is -4.33. The molecule has 2 N–H and O–H groups in total. The SMILES string of the molecule is CC(C)(C)OC(=O)N1C[C@@H](O[Si](C)(C)C(C)(C)C)[C@@H]2[C@H]1[C@@H](c1c[nH]c3cc(F)ccc13)CN2C(=O)OCc1ccccc1.CC(C)(C)OC(=O)N1C[C@@H](O[Si](C)(C)C(C)(C)C)[C@H]2CC[C@H](c3c[nH]c4cc(F)ccc34)[C@H]21. The van der Waals surface area contributed by atoms with E-state index in [1.807, 2.05) is 95.2 Å². The molecule has 9 rings (SSSR count). The van der Waals surface area contributed by atoms with Gasteiger partial charge in [-0.2, -0.15) is 0 Å². The fraction of sp³-hybridized carbons (Fsp3) is 0.576. The Balaban J connectivity index is 0.000000209. The first-order chi connectivity index (χ1) is 35.2. The van der Waals surface area contributed by atoms with Crippen LogP contribution in [0.2, 0.25) is 36.3 Å². The van der Waals surface area contributed by atoms with Crippen LogP contribution in [0.1, 0.15) is 124 Å². The van der Waals surface area contributed by atoms with Crippen LogP contribution >= 0.6 is 0 Å². The molecule has 0 unspecified atom stereocenters. The second-order valence-corrected chi connectivity index (χ2v) is 36.1. The second kappa shape index (κ2) is 20.9. The minimum absolute atomic E-state index is 0.0102. The van der Waals surface area contributed by atoms with Crippen LogP contribution in [-0.4, -0.2) is 121 Å². The molecular formula is C59H83F2N5O8Si2. The van der Waals surface area contributed by atoms with Gasteiger partial charge in [0.05, 0.1) is 30.8 Å². The molecule has 1 aliphatic carbocycles. The second-order valence-electron chi connectivity index (χ2n) is 26.6. The summed E-state index contributed by atoms with van der Waals surface area (Å²) >= 11 is 0. The molecule has 17 heteroatoms. The molecule has 3 aromatic carbocycles. The van der Waals surface area contributed by atoms with Crippen molar-refractivity contribution in [3.63, 3.8) is 0 Å². The number of carbonyl (C=O) groups excluding carboxylic acids is 3. The van der Waals surface area contributed by atoms with Crippen molar-refractivity contribution in [1.29, 1.82) is 0 Å². The number of ether oxygens (including phenoxy) is 3. The standard InChI is InChI=1S/C33H44FN3O5Si.C26H39FN2O3Si/c1-32(2,3)41-31(39)37-19-27(42-43(7,8)33(4,5)6)29-28(37)25(24-17-35-26-16-22(34)14-15-23(24)26)18-36(29)30(38)40-20-21-12-10-9-11-13-21;1-25(2,3)31-24(30)29-15-22(32-33(7,8)26(4,5)6)19-12-11-18(23(19)29)20-14-28-21-13-16(27)9-10-17(20)21/h9-17,25,27-29,35H,18-20H2,1-8H3;9-10,13-14,18-19,22-23,28H,11-12,15H2,1-8H3/t25-,27-,28-,29-;18-,19-,22-,23-/m11/s1. The summed E-state index contributed by atoms with van der Waals surface area (Å²) in [6.07, 6.45) is 4.23. The molecule has 1 saturated carbocycles. The highest BCUT2D eigenvalue weighted by Crippen LogP contribution is 2.52. The molecule has 4 aliphatic rings.